The number of halogens is 2. The minimum Gasteiger partial charge on any atom is -0.503 e. The number of amides is 1. The largest absolute Gasteiger partial charge is 0.503 e. The van der Waals surface area contributed by atoms with E-state index in [4.69, 9.17) is 4.74 Å². The van der Waals surface area contributed by atoms with Crippen LogP contribution in [0.4, 0.5) is 8.78 Å². The Balaban J connectivity index is 2.01. The van der Waals surface area contributed by atoms with Gasteiger partial charge in [-0.3, -0.25) is 14.4 Å². The van der Waals surface area contributed by atoms with Crippen molar-refractivity contribution in [3.63, 3.8) is 0 Å². The second kappa shape index (κ2) is 9.58. The van der Waals surface area contributed by atoms with Gasteiger partial charge in [0.1, 0.15) is 22.9 Å². The van der Waals surface area contributed by atoms with Crippen LogP contribution in [0.15, 0.2) is 29.2 Å². The molecule has 2 N–H and O–H groups in total. The molecule has 8 nitrogen and oxygen atoms in total. The predicted octanol–water partition coefficient (Wildman–Crippen LogP) is 1.64. The van der Waals surface area contributed by atoms with Gasteiger partial charge in [0.2, 0.25) is 5.43 Å². The number of rotatable bonds is 7. The molecule has 2 heterocycles. The molecule has 1 fully saturated rings. The maximum Gasteiger partial charge on any atom is 0.257 e. The van der Waals surface area contributed by atoms with Crippen LogP contribution in [0.3, 0.4) is 0 Å². The van der Waals surface area contributed by atoms with Crippen LogP contribution in [-0.4, -0.2) is 60.6 Å². The minimum atomic E-state index is -1.02. The average molecular weight is 449 g/mol. The van der Waals surface area contributed by atoms with Crippen molar-refractivity contribution in [3.8, 4) is 5.75 Å². The number of nitrogens with zero attached hydrogens (tertiary/aromatic N) is 2. The van der Waals surface area contributed by atoms with Crippen LogP contribution < -0.4 is 10.7 Å². The van der Waals surface area contributed by atoms with E-state index in [-0.39, 0.29) is 24.4 Å². The quantitative estimate of drug-likeness (QED) is 0.624. The fourth-order valence-corrected chi connectivity index (χ4v) is 4.03. The Kier molecular flexibility index (Phi) is 7.05. The Morgan fingerprint density at radius 2 is 2.12 bits per heavy atom. The van der Waals surface area contributed by atoms with E-state index >= 15 is 0 Å². The van der Waals surface area contributed by atoms with Crippen molar-refractivity contribution >= 4 is 12.2 Å². The third-order valence-corrected chi connectivity index (χ3v) is 5.45. The van der Waals surface area contributed by atoms with E-state index in [0.29, 0.717) is 38.3 Å². The zero-order chi connectivity index (χ0) is 23.5. The topological polar surface area (TPSA) is 101 Å². The molecule has 0 radical (unpaired) electrons. The van der Waals surface area contributed by atoms with Crippen molar-refractivity contribution in [1.29, 1.82) is 0 Å². The van der Waals surface area contributed by atoms with Gasteiger partial charge in [0.25, 0.3) is 5.91 Å². The van der Waals surface area contributed by atoms with E-state index in [1.165, 1.54) is 16.8 Å². The van der Waals surface area contributed by atoms with Crippen LogP contribution in [0.5, 0.6) is 5.75 Å². The summed E-state index contributed by atoms with van der Waals surface area (Å²) in [4.78, 5) is 39.1. The van der Waals surface area contributed by atoms with E-state index in [9.17, 15) is 28.3 Å². The molecule has 10 heteroatoms. The first-order chi connectivity index (χ1) is 15.2. The summed E-state index contributed by atoms with van der Waals surface area (Å²) >= 11 is 0. The van der Waals surface area contributed by atoms with E-state index in [1.807, 2.05) is 19.0 Å². The molecule has 0 aliphatic carbocycles. The number of aromatic nitrogens is 1. The summed E-state index contributed by atoms with van der Waals surface area (Å²) < 4.78 is 34.0. The summed E-state index contributed by atoms with van der Waals surface area (Å²) in [5.41, 5.74) is -2.43. The molecule has 1 amide bonds. The number of nitrogens with one attached hydrogen (secondary N) is 1. The van der Waals surface area contributed by atoms with Gasteiger partial charge in [-0.25, -0.2) is 8.78 Å². The number of hydrogen-bond donors (Lipinski definition) is 2. The summed E-state index contributed by atoms with van der Waals surface area (Å²) in [5, 5.41) is 12.9. The summed E-state index contributed by atoms with van der Waals surface area (Å²) in [6, 6.07) is 2.92. The fourth-order valence-electron chi connectivity index (χ4n) is 4.03. The van der Waals surface area contributed by atoms with Gasteiger partial charge >= 0.3 is 0 Å². The highest BCUT2D eigenvalue weighted by atomic mass is 19.1. The molecule has 0 saturated carbocycles. The molecule has 1 aliphatic heterocycles. The lowest BCUT2D eigenvalue weighted by Gasteiger charge is -2.42. The van der Waals surface area contributed by atoms with E-state index in [0.717, 1.165) is 6.07 Å². The lowest BCUT2D eigenvalue weighted by Crippen LogP contribution is -2.50. The molecule has 172 valence electrons. The number of pyridine rings is 1. The molecule has 0 bridgehead atoms. The lowest BCUT2D eigenvalue weighted by molar-refractivity contribution is -0.0137. The second-order valence-corrected chi connectivity index (χ2v) is 8.13. The molecule has 1 aromatic carbocycles. The molecule has 1 unspecified atom stereocenters. The molecular formula is C22H25F2N3O5. The number of aldehydes is 1. The molecule has 1 saturated heterocycles. The van der Waals surface area contributed by atoms with E-state index in [1.54, 1.807) is 0 Å². The van der Waals surface area contributed by atoms with Crippen molar-refractivity contribution in [2.45, 2.75) is 24.9 Å². The van der Waals surface area contributed by atoms with Crippen molar-refractivity contribution in [2.75, 3.05) is 33.9 Å². The SMILES string of the molecule is CN(C)CC1(n2cc(C(=O)NCc3ccc(F)cc3F)c(=O)c(O)c2C=O)CCCOC1. The van der Waals surface area contributed by atoms with Crippen molar-refractivity contribution in [1.82, 2.24) is 14.8 Å². The van der Waals surface area contributed by atoms with Crippen LogP contribution in [0.2, 0.25) is 0 Å². The minimum absolute atomic E-state index is 0.0265. The number of likely N-dealkylation sites (N-methyl/N-ethyl adjacent to an activating group) is 1. The third-order valence-electron chi connectivity index (χ3n) is 5.45. The second-order valence-electron chi connectivity index (χ2n) is 8.13. The van der Waals surface area contributed by atoms with Crippen molar-refractivity contribution in [3.05, 3.63) is 63.1 Å². The first kappa shape index (κ1) is 23.6. The van der Waals surface area contributed by atoms with E-state index < -0.39 is 39.8 Å². The first-order valence-corrected chi connectivity index (χ1v) is 10.1. The van der Waals surface area contributed by atoms with Gasteiger partial charge < -0.3 is 24.6 Å². The van der Waals surface area contributed by atoms with Gasteiger partial charge in [0.05, 0.1) is 12.1 Å². The number of aromatic hydroxyl groups is 1. The summed E-state index contributed by atoms with van der Waals surface area (Å²) in [7, 11) is 3.67. The molecule has 1 aromatic heterocycles. The highest BCUT2D eigenvalue weighted by Gasteiger charge is 2.38. The molecule has 3 rings (SSSR count). The number of ether oxygens (including phenoxy) is 1. The van der Waals surface area contributed by atoms with Crippen LogP contribution >= 0.6 is 0 Å². The fraction of sp³-hybridized carbons (Fsp3) is 0.409. The molecule has 2 aromatic rings. The van der Waals surface area contributed by atoms with Crippen LogP contribution in [0, 0.1) is 11.6 Å². The number of carbonyl (C=O) groups excluding carboxylic acids is 2. The number of carbonyl (C=O) groups is 2. The maximum absolute atomic E-state index is 13.9. The van der Waals surface area contributed by atoms with Crippen LogP contribution in [-0.2, 0) is 16.8 Å². The molecule has 0 spiro atoms. The summed E-state index contributed by atoms with van der Waals surface area (Å²) in [6.45, 7) is 0.884. The molecular weight excluding hydrogens is 424 g/mol. The van der Waals surface area contributed by atoms with Gasteiger partial charge in [-0.2, -0.15) is 0 Å². The van der Waals surface area contributed by atoms with Crippen LogP contribution in [0.1, 0.15) is 39.3 Å². The van der Waals surface area contributed by atoms with Gasteiger partial charge in [-0.1, -0.05) is 6.07 Å². The average Bonchev–Trinajstić information content (AvgIpc) is 2.74. The van der Waals surface area contributed by atoms with Crippen molar-refractivity contribution in [2.24, 2.45) is 0 Å². The number of hydrogen-bond acceptors (Lipinski definition) is 6. The predicted molar refractivity (Wildman–Crippen MR) is 112 cm³/mol. The van der Waals surface area contributed by atoms with Gasteiger partial charge in [0.15, 0.2) is 12.0 Å². The third kappa shape index (κ3) is 4.71. The molecule has 32 heavy (non-hydrogen) atoms. The zero-order valence-corrected chi connectivity index (χ0v) is 17.9. The summed E-state index contributed by atoms with van der Waals surface area (Å²) in [6.07, 6.45) is 2.89. The monoisotopic (exact) mass is 449 g/mol. The number of benzene rings is 1. The molecule has 1 aliphatic rings. The van der Waals surface area contributed by atoms with Gasteiger partial charge in [-0.05, 0) is 33.0 Å². The smallest absolute Gasteiger partial charge is 0.257 e. The zero-order valence-electron chi connectivity index (χ0n) is 17.9. The van der Waals surface area contributed by atoms with Gasteiger partial charge in [0, 0.05) is 37.5 Å². The Bertz CT molecular complexity index is 1080. The van der Waals surface area contributed by atoms with Gasteiger partial charge in [-0.15, -0.1) is 0 Å². The highest BCUT2D eigenvalue weighted by molar-refractivity contribution is 5.95. The normalized spacial score (nSPS) is 18.5. The Hall–Kier alpha value is -3.11. The Morgan fingerprint density at radius 3 is 2.72 bits per heavy atom. The van der Waals surface area contributed by atoms with E-state index in [2.05, 4.69) is 5.32 Å². The van der Waals surface area contributed by atoms with Crippen molar-refractivity contribution < 1.29 is 28.2 Å². The van der Waals surface area contributed by atoms with Crippen LogP contribution in [0.25, 0.3) is 0 Å². The Morgan fingerprint density at radius 1 is 1.38 bits per heavy atom. The Labute approximate surface area is 183 Å². The maximum atomic E-state index is 13.9. The first-order valence-electron chi connectivity index (χ1n) is 10.1. The molecule has 1 atom stereocenters. The lowest BCUT2D eigenvalue weighted by atomic mass is 9.90. The summed E-state index contributed by atoms with van der Waals surface area (Å²) in [5.74, 6) is -3.30. The standard InChI is InChI=1S/C22H25F2N3O5/c1-26(2)12-22(6-3-7-32-13-22)27-10-16(19(29)20(30)18(27)11-28)21(31)25-9-14-4-5-15(23)8-17(14)24/h4-5,8,10-11,30H,3,6-7,9,12-13H2,1-2H3,(H,25,31). The highest BCUT2D eigenvalue weighted by Crippen LogP contribution is 2.31.